The fourth-order valence-electron chi connectivity index (χ4n) is 1.49. The third kappa shape index (κ3) is 5.29. The molecular formula is C12H16N4O3S2. The van der Waals surface area contributed by atoms with E-state index in [0.29, 0.717) is 15.9 Å². The maximum absolute atomic E-state index is 11.8. The summed E-state index contributed by atoms with van der Waals surface area (Å²) in [5, 5.41) is 8.19. The van der Waals surface area contributed by atoms with Gasteiger partial charge in [0.2, 0.25) is 15.2 Å². The van der Waals surface area contributed by atoms with Crippen LogP contribution in [-0.4, -0.2) is 31.0 Å². The van der Waals surface area contributed by atoms with E-state index in [0.717, 1.165) is 16.9 Å². The van der Waals surface area contributed by atoms with Gasteiger partial charge in [0.1, 0.15) is 17.4 Å². The molecular weight excluding hydrogens is 312 g/mol. The van der Waals surface area contributed by atoms with Gasteiger partial charge in [0.15, 0.2) is 0 Å². The van der Waals surface area contributed by atoms with Crippen molar-refractivity contribution in [3.63, 3.8) is 0 Å². The number of ether oxygens (including phenoxy) is 1. The minimum absolute atomic E-state index is 0.0800. The van der Waals surface area contributed by atoms with Crippen LogP contribution in [0.4, 0.5) is 5.13 Å². The molecule has 114 valence electrons. The predicted octanol–water partition coefficient (Wildman–Crippen LogP) is 0.927. The van der Waals surface area contributed by atoms with Crippen LogP contribution in [0.3, 0.4) is 0 Å². The Morgan fingerprint density at radius 1 is 1.29 bits per heavy atom. The van der Waals surface area contributed by atoms with Gasteiger partial charge in [0.05, 0.1) is 12.3 Å². The molecule has 0 amide bonds. The molecule has 0 radical (unpaired) electrons. The fourth-order valence-corrected chi connectivity index (χ4v) is 2.93. The van der Waals surface area contributed by atoms with Crippen LogP contribution in [0.1, 0.15) is 10.6 Å². The summed E-state index contributed by atoms with van der Waals surface area (Å²) in [4.78, 5) is 0. The summed E-state index contributed by atoms with van der Waals surface area (Å²) in [7, 11) is -3.43. The molecule has 0 saturated heterocycles. The molecule has 0 aliphatic heterocycles. The van der Waals surface area contributed by atoms with Crippen molar-refractivity contribution in [2.75, 3.05) is 18.1 Å². The molecule has 1 aromatic carbocycles. The number of sulfonamides is 1. The van der Waals surface area contributed by atoms with Crippen LogP contribution in [0.15, 0.2) is 24.3 Å². The number of benzene rings is 1. The monoisotopic (exact) mass is 328 g/mol. The van der Waals surface area contributed by atoms with Crippen molar-refractivity contribution in [3.05, 3.63) is 34.8 Å². The molecule has 3 N–H and O–H groups in total. The first-order valence-corrected chi connectivity index (χ1v) is 8.66. The summed E-state index contributed by atoms with van der Waals surface area (Å²) >= 11 is 1.15. The van der Waals surface area contributed by atoms with E-state index in [1.54, 1.807) is 12.1 Å². The minimum atomic E-state index is -3.43. The van der Waals surface area contributed by atoms with Crippen molar-refractivity contribution in [2.45, 2.75) is 13.5 Å². The second-order valence-electron chi connectivity index (χ2n) is 4.34. The Morgan fingerprint density at radius 3 is 2.62 bits per heavy atom. The molecule has 0 spiro atoms. The zero-order valence-electron chi connectivity index (χ0n) is 11.4. The van der Waals surface area contributed by atoms with Crippen LogP contribution in [0.2, 0.25) is 0 Å². The van der Waals surface area contributed by atoms with Crippen molar-refractivity contribution in [2.24, 2.45) is 0 Å². The van der Waals surface area contributed by atoms with E-state index in [4.69, 9.17) is 10.5 Å². The maximum atomic E-state index is 11.8. The average Bonchev–Trinajstić information content (AvgIpc) is 2.85. The quantitative estimate of drug-likeness (QED) is 0.783. The first-order valence-electron chi connectivity index (χ1n) is 6.19. The Bertz CT molecular complexity index is 683. The topological polar surface area (TPSA) is 107 Å². The predicted molar refractivity (Wildman–Crippen MR) is 81.6 cm³/mol. The number of nitrogen functional groups attached to an aromatic ring is 1. The first kappa shape index (κ1) is 15.7. The van der Waals surface area contributed by atoms with Crippen LogP contribution in [0, 0.1) is 6.92 Å². The van der Waals surface area contributed by atoms with Gasteiger partial charge < -0.3 is 10.5 Å². The summed E-state index contributed by atoms with van der Waals surface area (Å²) in [6.07, 6.45) is 0. The molecule has 7 nitrogen and oxygen atoms in total. The minimum Gasteiger partial charge on any atom is -0.492 e. The molecule has 0 aliphatic rings. The summed E-state index contributed by atoms with van der Waals surface area (Å²) in [6.45, 7) is 2.14. The van der Waals surface area contributed by atoms with E-state index < -0.39 is 10.0 Å². The van der Waals surface area contributed by atoms with E-state index in [1.165, 1.54) is 0 Å². The van der Waals surface area contributed by atoms with Gasteiger partial charge in [-0.05, 0) is 19.1 Å². The fraction of sp³-hybridized carbons (Fsp3) is 0.333. The summed E-state index contributed by atoms with van der Waals surface area (Å²) in [5.74, 6) is 0.516. The lowest BCUT2D eigenvalue weighted by molar-refractivity contribution is 0.340. The second-order valence-corrected chi connectivity index (χ2v) is 7.36. The van der Waals surface area contributed by atoms with E-state index in [1.807, 2.05) is 19.1 Å². The molecule has 0 atom stereocenters. The number of hydrogen-bond acceptors (Lipinski definition) is 7. The van der Waals surface area contributed by atoms with Gasteiger partial charge in [-0.3, -0.25) is 0 Å². The normalized spacial score (nSPS) is 11.5. The van der Waals surface area contributed by atoms with Gasteiger partial charge in [-0.15, -0.1) is 10.2 Å². The van der Waals surface area contributed by atoms with Crippen molar-refractivity contribution < 1.29 is 13.2 Å². The molecule has 2 aromatic rings. The first-order chi connectivity index (χ1) is 9.94. The molecule has 2 rings (SSSR count). The number of nitrogens with one attached hydrogen (secondary N) is 1. The van der Waals surface area contributed by atoms with Crippen LogP contribution in [0.5, 0.6) is 5.75 Å². The molecule has 1 heterocycles. The lowest BCUT2D eigenvalue weighted by Crippen LogP contribution is -2.28. The number of nitrogens with zero attached hydrogens (tertiary/aromatic N) is 2. The molecule has 0 aliphatic carbocycles. The molecule has 0 fully saturated rings. The van der Waals surface area contributed by atoms with E-state index >= 15 is 0 Å². The summed E-state index contributed by atoms with van der Waals surface area (Å²) in [5.41, 5.74) is 6.54. The molecule has 0 saturated carbocycles. The standard InChI is InChI=1S/C12H16N4O3S2/c1-9-2-4-10(5-3-9)19-6-7-21(17,18)14-8-11-15-16-12(13)20-11/h2-5,14H,6-8H2,1H3,(H2,13,16). The Balaban J connectivity index is 1.77. The van der Waals surface area contributed by atoms with E-state index in [2.05, 4.69) is 14.9 Å². The van der Waals surface area contributed by atoms with Gasteiger partial charge >= 0.3 is 0 Å². The zero-order chi connectivity index (χ0) is 15.3. The number of aryl methyl sites for hydroxylation is 1. The number of rotatable bonds is 7. The van der Waals surface area contributed by atoms with Gasteiger partial charge in [0.25, 0.3) is 0 Å². The van der Waals surface area contributed by atoms with Gasteiger partial charge in [0, 0.05) is 0 Å². The lowest BCUT2D eigenvalue weighted by Gasteiger charge is -2.07. The smallest absolute Gasteiger partial charge is 0.215 e. The van der Waals surface area contributed by atoms with Crippen molar-refractivity contribution in [1.82, 2.24) is 14.9 Å². The Hall–Kier alpha value is -1.71. The maximum Gasteiger partial charge on any atom is 0.215 e. The van der Waals surface area contributed by atoms with E-state index in [9.17, 15) is 8.42 Å². The average molecular weight is 328 g/mol. The van der Waals surface area contributed by atoms with Gasteiger partial charge in [-0.2, -0.15) is 0 Å². The van der Waals surface area contributed by atoms with Gasteiger partial charge in [-0.1, -0.05) is 29.0 Å². The van der Waals surface area contributed by atoms with Crippen molar-refractivity contribution in [1.29, 1.82) is 0 Å². The molecule has 0 bridgehead atoms. The highest BCUT2D eigenvalue weighted by molar-refractivity contribution is 7.89. The van der Waals surface area contributed by atoms with Crippen molar-refractivity contribution in [3.8, 4) is 5.75 Å². The highest BCUT2D eigenvalue weighted by atomic mass is 32.2. The highest BCUT2D eigenvalue weighted by Crippen LogP contribution is 2.12. The third-order valence-corrected chi connectivity index (χ3v) is 4.61. The van der Waals surface area contributed by atoms with Crippen LogP contribution in [-0.2, 0) is 16.6 Å². The number of hydrogen-bond donors (Lipinski definition) is 2. The largest absolute Gasteiger partial charge is 0.492 e. The molecule has 1 aromatic heterocycles. The molecule has 21 heavy (non-hydrogen) atoms. The molecule has 0 unspecified atom stereocenters. The lowest BCUT2D eigenvalue weighted by atomic mass is 10.2. The van der Waals surface area contributed by atoms with Crippen LogP contribution < -0.4 is 15.2 Å². The second kappa shape index (κ2) is 6.83. The summed E-state index contributed by atoms with van der Waals surface area (Å²) < 4.78 is 31.4. The number of nitrogens with two attached hydrogens (primary N) is 1. The Kier molecular flexibility index (Phi) is 5.10. The SMILES string of the molecule is Cc1ccc(OCCS(=O)(=O)NCc2nnc(N)s2)cc1. The Morgan fingerprint density at radius 2 is 2.00 bits per heavy atom. The number of aromatic nitrogens is 2. The van der Waals surface area contributed by atoms with Crippen LogP contribution >= 0.6 is 11.3 Å². The van der Waals surface area contributed by atoms with Gasteiger partial charge in [-0.25, -0.2) is 13.1 Å². The Labute approximate surface area is 127 Å². The van der Waals surface area contributed by atoms with E-state index in [-0.39, 0.29) is 18.9 Å². The number of anilines is 1. The summed E-state index contributed by atoms with van der Waals surface area (Å²) in [6, 6.07) is 7.42. The highest BCUT2D eigenvalue weighted by Gasteiger charge is 2.12. The van der Waals surface area contributed by atoms with Crippen LogP contribution in [0.25, 0.3) is 0 Å². The van der Waals surface area contributed by atoms with Crippen molar-refractivity contribution >= 4 is 26.5 Å². The third-order valence-electron chi connectivity index (χ3n) is 2.57. The zero-order valence-corrected chi connectivity index (χ0v) is 13.1. The molecule has 9 heteroatoms.